The largest absolute Gasteiger partial charge is 0.474 e. The Hall–Kier alpha value is -2.98. The number of halogens is 1. The number of nitro benzene ring substituents is 1. The van der Waals surface area contributed by atoms with E-state index >= 15 is 0 Å². The monoisotopic (exact) mass is 421 g/mol. The number of methoxy groups -OCH3 is 1. The van der Waals surface area contributed by atoms with Gasteiger partial charge in [-0.1, -0.05) is 11.6 Å². The van der Waals surface area contributed by atoms with Gasteiger partial charge in [0.25, 0.3) is 11.6 Å². The first-order valence-corrected chi connectivity index (χ1v) is 9.31. The van der Waals surface area contributed by atoms with Gasteiger partial charge < -0.3 is 19.3 Å². The van der Waals surface area contributed by atoms with Crippen molar-refractivity contribution in [3.8, 4) is 5.88 Å². The average Bonchev–Trinajstić information content (AvgIpc) is 2.74. The number of carbonyl (C=O) groups is 1. The van der Waals surface area contributed by atoms with Gasteiger partial charge in [0.15, 0.2) is 5.82 Å². The lowest BCUT2D eigenvalue weighted by molar-refractivity contribution is -0.385. The zero-order valence-electron chi connectivity index (χ0n) is 15.8. The first-order chi connectivity index (χ1) is 14.0. The van der Waals surface area contributed by atoms with Crippen LogP contribution in [0, 0.1) is 10.1 Å². The zero-order chi connectivity index (χ0) is 20.8. The molecule has 0 radical (unpaired) electrons. The van der Waals surface area contributed by atoms with E-state index < -0.39 is 10.8 Å². The predicted octanol–water partition coefficient (Wildman–Crippen LogP) is 2.03. The molecule has 1 fully saturated rings. The van der Waals surface area contributed by atoms with Crippen LogP contribution in [0.15, 0.2) is 30.3 Å². The van der Waals surface area contributed by atoms with Gasteiger partial charge in [0.1, 0.15) is 12.2 Å². The van der Waals surface area contributed by atoms with E-state index in [1.807, 2.05) is 4.90 Å². The summed E-state index contributed by atoms with van der Waals surface area (Å²) < 4.78 is 10.3. The lowest BCUT2D eigenvalue weighted by Crippen LogP contribution is -2.49. The first-order valence-electron chi connectivity index (χ1n) is 8.93. The Morgan fingerprint density at radius 1 is 1.17 bits per heavy atom. The Kier molecular flexibility index (Phi) is 6.78. The van der Waals surface area contributed by atoms with Crippen molar-refractivity contribution < 1.29 is 19.2 Å². The first kappa shape index (κ1) is 20.7. The molecule has 1 amide bonds. The zero-order valence-corrected chi connectivity index (χ0v) is 16.5. The van der Waals surface area contributed by atoms with E-state index in [1.165, 1.54) is 18.2 Å². The van der Waals surface area contributed by atoms with Crippen LogP contribution in [0.3, 0.4) is 0 Å². The second-order valence-corrected chi connectivity index (χ2v) is 6.71. The Labute approximate surface area is 172 Å². The smallest absolute Gasteiger partial charge is 0.282 e. The van der Waals surface area contributed by atoms with Gasteiger partial charge in [-0.15, -0.1) is 10.2 Å². The predicted molar refractivity (Wildman–Crippen MR) is 106 cm³/mol. The summed E-state index contributed by atoms with van der Waals surface area (Å²) in [7, 11) is 1.59. The molecule has 1 aliphatic heterocycles. The summed E-state index contributed by atoms with van der Waals surface area (Å²) in [6.07, 6.45) is 0. The molecule has 154 valence electrons. The molecular weight excluding hydrogens is 402 g/mol. The van der Waals surface area contributed by atoms with Gasteiger partial charge in [-0.3, -0.25) is 14.9 Å². The summed E-state index contributed by atoms with van der Waals surface area (Å²) in [4.78, 5) is 27.0. The molecule has 11 heteroatoms. The van der Waals surface area contributed by atoms with Crippen LogP contribution in [-0.2, 0) is 4.74 Å². The van der Waals surface area contributed by atoms with Crippen molar-refractivity contribution in [2.24, 2.45) is 0 Å². The van der Waals surface area contributed by atoms with Gasteiger partial charge in [-0.05, 0) is 18.2 Å². The van der Waals surface area contributed by atoms with Crippen molar-refractivity contribution in [3.63, 3.8) is 0 Å². The third-order valence-electron chi connectivity index (χ3n) is 4.44. The number of hydrogen-bond donors (Lipinski definition) is 0. The SMILES string of the molecule is COCCOc1ccc(N2CCN(C(=O)c3cc(Cl)ccc3[N+](=O)[O-])CC2)nn1. The molecule has 2 heterocycles. The fourth-order valence-corrected chi connectivity index (χ4v) is 3.11. The minimum absolute atomic E-state index is 0.00620. The summed E-state index contributed by atoms with van der Waals surface area (Å²) in [5.41, 5.74) is -0.259. The van der Waals surface area contributed by atoms with E-state index in [4.69, 9.17) is 21.1 Å². The maximum atomic E-state index is 12.8. The molecule has 0 unspecified atom stereocenters. The highest BCUT2D eigenvalue weighted by atomic mass is 35.5. The molecule has 10 nitrogen and oxygen atoms in total. The highest BCUT2D eigenvalue weighted by molar-refractivity contribution is 6.31. The Balaban J connectivity index is 1.61. The Bertz CT molecular complexity index is 871. The van der Waals surface area contributed by atoms with Crippen LogP contribution in [0.1, 0.15) is 10.4 Å². The normalized spacial score (nSPS) is 14.0. The van der Waals surface area contributed by atoms with Crippen LogP contribution < -0.4 is 9.64 Å². The number of benzene rings is 1. The van der Waals surface area contributed by atoms with Crippen LogP contribution in [-0.4, -0.2) is 72.4 Å². The summed E-state index contributed by atoms with van der Waals surface area (Å²) in [5, 5.41) is 19.7. The number of nitro groups is 1. The van der Waals surface area contributed by atoms with Gasteiger partial charge in [-0.25, -0.2) is 0 Å². The highest BCUT2D eigenvalue weighted by Gasteiger charge is 2.28. The van der Waals surface area contributed by atoms with Crippen LogP contribution in [0.25, 0.3) is 0 Å². The van der Waals surface area contributed by atoms with Crippen molar-refractivity contribution in [1.82, 2.24) is 15.1 Å². The van der Waals surface area contributed by atoms with Crippen molar-refractivity contribution in [1.29, 1.82) is 0 Å². The minimum Gasteiger partial charge on any atom is -0.474 e. The molecule has 1 aliphatic rings. The van der Waals surface area contributed by atoms with Crippen molar-refractivity contribution >= 4 is 29.0 Å². The molecule has 29 heavy (non-hydrogen) atoms. The minimum atomic E-state index is -0.578. The molecule has 0 saturated carbocycles. The number of piperazine rings is 1. The maximum Gasteiger partial charge on any atom is 0.282 e. The van der Waals surface area contributed by atoms with Gasteiger partial charge in [0, 0.05) is 50.4 Å². The number of hydrogen-bond acceptors (Lipinski definition) is 8. The van der Waals surface area contributed by atoms with Gasteiger partial charge in [0.2, 0.25) is 5.88 Å². The van der Waals surface area contributed by atoms with E-state index in [0.717, 1.165) is 0 Å². The average molecular weight is 422 g/mol. The number of carbonyl (C=O) groups excluding carboxylic acids is 1. The van der Waals surface area contributed by atoms with Crippen molar-refractivity contribution in [3.05, 3.63) is 51.0 Å². The van der Waals surface area contributed by atoms with Gasteiger partial charge >= 0.3 is 0 Å². The molecule has 1 aromatic carbocycles. The third-order valence-corrected chi connectivity index (χ3v) is 4.68. The second kappa shape index (κ2) is 9.48. The Morgan fingerprint density at radius 2 is 1.93 bits per heavy atom. The molecule has 1 aromatic heterocycles. The molecule has 1 saturated heterocycles. The lowest BCUT2D eigenvalue weighted by atomic mass is 10.1. The summed E-state index contributed by atoms with van der Waals surface area (Å²) in [6, 6.07) is 7.51. The van der Waals surface area contributed by atoms with Gasteiger partial charge in [0.05, 0.1) is 11.5 Å². The van der Waals surface area contributed by atoms with E-state index in [9.17, 15) is 14.9 Å². The van der Waals surface area contributed by atoms with E-state index in [1.54, 1.807) is 24.1 Å². The van der Waals surface area contributed by atoms with Crippen LogP contribution in [0.5, 0.6) is 5.88 Å². The summed E-state index contributed by atoms with van der Waals surface area (Å²) in [5.74, 6) is 0.671. The van der Waals surface area contributed by atoms with E-state index in [2.05, 4.69) is 10.2 Å². The molecule has 0 spiro atoms. The molecule has 3 rings (SSSR count). The molecular formula is C18H20ClN5O5. The van der Waals surface area contributed by atoms with Crippen molar-refractivity contribution in [2.75, 3.05) is 51.4 Å². The summed E-state index contributed by atoms with van der Waals surface area (Å²) in [6.45, 7) is 2.70. The maximum absolute atomic E-state index is 12.8. The number of rotatable bonds is 7. The fourth-order valence-electron chi connectivity index (χ4n) is 2.94. The topological polar surface area (TPSA) is 111 Å². The van der Waals surface area contributed by atoms with Crippen molar-refractivity contribution in [2.45, 2.75) is 0 Å². The standard InChI is InChI=1S/C18H20ClN5O5/c1-28-10-11-29-17-5-4-16(20-21-17)22-6-8-23(9-7-22)18(25)14-12-13(19)2-3-15(14)24(26)27/h2-5,12H,6-11H2,1H3. The quantitative estimate of drug-likeness (QED) is 0.379. The van der Waals surface area contributed by atoms with Crippen LogP contribution in [0.2, 0.25) is 5.02 Å². The van der Waals surface area contributed by atoms with E-state index in [0.29, 0.717) is 51.1 Å². The number of amides is 1. The lowest BCUT2D eigenvalue weighted by Gasteiger charge is -2.35. The van der Waals surface area contributed by atoms with Gasteiger partial charge in [-0.2, -0.15) is 0 Å². The fraction of sp³-hybridized carbons (Fsp3) is 0.389. The third kappa shape index (κ3) is 5.09. The molecule has 0 aliphatic carbocycles. The molecule has 0 atom stereocenters. The van der Waals surface area contributed by atoms with Crippen LogP contribution in [0.4, 0.5) is 11.5 Å². The number of nitrogens with zero attached hydrogens (tertiary/aromatic N) is 5. The summed E-state index contributed by atoms with van der Waals surface area (Å²) >= 11 is 5.93. The molecule has 0 N–H and O–H groups in total. The molecule has 2 aromatic rings. The van der Waals surface area contributed by atoms with Crippen LogP contribution >= 0.6 is 11.6 Å². The van der Waals surface area contributed by atoms with E-state index in [-0.39, 0.29) is 16.3 Å². The number of ether oxygens (including phenoxy) is 2. The Morgan fingerprint density at radius 3 is 2.55 bits per heavy atom. The number of anilines is 1. The highest BCUT2D eigenvalue weighted by Crippen LogP contribution is 2.25. The second-order valence-electron chi connectivity index (χ2n) is 6.27. The molecule has 0 bridgehead atoms. The number of aromatic nitrogens is 2.